The second-order valence-electron chi connectivity index (χ2n) is 6.32. The molecule has 0 aromatic carbocycles. The maximum atomic E-state index is 12.3. The van der Waals surface area contributed by atoms with Gasteiger partial charge in [-0.3, -0.25) is 4.79 Å². The Morgan fingerprint density at radius 2 is 1.80 bits per heavy atom. The molecule has 1 rings (SSSR count). The normalized spacial score (nSPS) is 18.2. The number of nitrogens with two attached hydrogens (primary N) is 1. The summed E-state index contributed by atoms with van der Waals surface area (Å²) in [4.78, 5) is 12.3. The standard InChI is InChI=1S/C16H32N2O.ClH/c1-4-16(5-2,12-17)18-15(19)13(3)11-14-9-7-6-8-10-14;/h13-14H,4-12,17H2,1-3H3,(H,18,19);1H. The second kappa shape index (κ2) is 9.62. The number of nitrogens with one attached hydrogen (secondary N) is 1. The lowest BCUT2D eigenvalue weighted by Crippen LogP contribution is -2.54. The fourth-order valence-electron chi connectivity index (χ4n) is 3.18. The van der Waals surface area contributed by atoms with Crippen molar-refractivity contribution in [2.24, 2.45) is 17.6 Å². The molecule has 4 heteroatoms. The molecule has 0 aliphatic heterocycles. The van der Waals surface area contributed by atoms with Gasteiger partial charge in [0.1, 0.15) is 0 Å². The molecule has 120 valence electrons. The third-order valence-electron chi connectivity index (χ3n) is 4.99. The second-order valence-corrected chi connectivity index (χ2v) is 6.32. The van der Waals surface area contributed by atoms with Crippen molar-refractivity contribution in [1.82, 2.24) is 5.32 Å². The molecule has 0 saturated heterocycles. The Balaban J connectivity index is 0.00000361. The molecule has 1 aliphatic carbocycles. The minimum Gasteiger partial charge on any atom is -0.349 e. The summed E-state index contributed by atoms with van der Waals surface area (Å²) in [6, 6.07) is 0. The maximum absolute atomic E-state index is 12.3. The molecule has 0 aromatic rings. The van der Waals surface area contributed by atoms with Crippen LogP contribution in [0.2, 0.25) is 0 Å². The van der Waals surface area contributed by atoms with Crippen LogP contribution in [0, 0.1) is 11.8 Å². The average Bonchev–Trinajstić information content (AvgIpc) is 2.45. The first kappa shape index (κ1) is 19.7. The zero-order chi connectivity index (χ0) is 14.3. The molecule has 1 amide bonds. The lowest BCUT2D eigenvalue weighted by atomic mass is 9.82. The van der Waals surface area contributed by atoms with Crippen LogP contribution in [-0.4, -0.2) is 18.0 Å². The van der Waals surface area contributed by atoms with Gasteiger partial charge in [0.2, 0.25) is 5.91 Å². The maximum Gasteiger partial charge on any atom is 0.223 e. The van der Waals surface area contributed by atoms with Crippen molar-refractivity contribution < 1.29 is 4.79 Å². The molecule has 0 heterocycles. The van der Waals surface area contributed by atoms with Crippen LogP contribution in [0.3, 0.4) is 0 Å². The number of hydrogen-bond acceptors (Lipinski definition) is 2. The molecule has 1 unspecified atom stereocenters. The SMILES string of the molecule is CCC(CC)(CN)NC(=O)C(C)CC1CCCCC1.Cl. The highest BCUT2D eigenvalue weighted by atomic mass is 35.5. The number of rotatable bonds is 7. The number of carbonyl (C=O) groups is 1. The monoisotopic (exact) mass is 304 g/mol. The van der Waals surface area contributed by atoms with E-state index < -0.39 is 0 Å². The predicted octanol–water partition coefficient (Wildman–Crippen LogP) is 3.65. The zero-order valence-electron chi connectivity index (χ0n) is 13.4. The molecular weight excluding hydrogens is 272 g/mol. The first-order valence-corrected chi connectivity index (χ1v) is 8.09. The molecule has 0 bridgehead atoms. The van der Waals surface area contributed by atoms with E-state index >= 15 is 0 Å². The van der Waals surface area contributed by atoms with Crippen LogP contribution in [0.15, 0.2) is 0 Å². The third kappa shape index (κ3) is 5.61. The highest BCUT2D eigenvalue weighted by Crippen LogP contribution is 2.29. The fraction of sp³-hybridized carbons (Fsp3) is 0.938. The van der Waals surface area contributed by atoms with E-state index in [1.165, 1.54) is 32.1 Å². The number of amides is 1. The minimum absolute atomic E-state index is 0. The topological polar surface area (TPSA) is 55.1 Å². The van der Waals surface area contributed by atoms with E-state index in [4.69, 9.17) is 5.73 Å². The Morgan fingerprint density at radius 3 is 2.25 bits per heavy atom. The Morgan fingerprint density at radius 1 is 1.25 bits per heavy atom. The molecule has 0 spiro atoms. The van der Waals surface area contributed by atoms with Crippen molar-refractivity contribution in [3.05, 3.63) is 0 Å². The summed E-state index contributed by atoms with van der Waals surface area (Å²) < 4.78 is 0. The molecule has 1 saturated carbocycles. The van der Waals surface area contributed by atoms with Crippen molar-refractivity contribution in [3.63, 3.8) is 0 Å². The van der Waals surface area contributed by atoms with Gasteiger partial charge in [-0.15, -0.1) is 12.4 Å². The molecule has 20 heavy (non-hydrogen) atoms. The lowest BCUT2D eigenvalue weighted by Gasteiger charge is -2.33. The number of hydrogen-bond donors (Lipinski definition) is 2. The van der Waals surface area contributed by atoms with Crippen molar-refractivity contribution in [1.29, 1.82) is 0 Å². The summed E-state index contributed by atoms with van der Waals surface area (Å²) in [5.74, 6) is 1.07. The lowest BCUT2D eigenvalue weighted by molar-refractivity contribution is -0.127. The van der Waals surface area contributed by atoms with Gasteiger partial charge in [0, 0.05) is 12.5 Å². The van der Waals surface area contributed by atoms with Gasteiger partial charge in [0.05, 0.1) is 5.54 Å². The van der Waals surface area contributed by atoms with Gasteiger partial charge in [-0.25, -0.2) is 0 Å². The highest BCUT2D eigenvalue weighted by molar-refractivity contribution is 5.85. The van der Waals surface area contributed by atoms with Gasteiger partial charge in [-0.05, 0) is 25.2 Å². The highest BCUT2D eigenvalue weighted by Gasteiger charge is 2.29. The van der Waals surface area contributed by atoms with E-state index in [9.17, 15) is 4.79 Å². The fourth-order valence-corrected chi connectivity index (χ4v) is 3.18. The molecule has 0 radical (unpaired) electrons. The quantitative estimate of drug-likeness (QED) is 0.754. The summed E-state index contributed by atoms with van der Waals surface area (Å²) in [5.41, 5.74) is 5.65. The van der Waals surface area contributed by atoms with Gasteiger partial charge in [-0.1, -0.05) is 52.9 Å². The van der Waals surface area contributed by atoms with Crippen LogP contribution in [0.5, 0.6) is 0 Å². The van der Waals surface area contributed by atoms with Crippen LogP contribution < -0.4 is 11.1 Å². The van der Waals surface area contributed by atoms with Crippen molar-refractivity contribution in [2.75, 3.05) is 6.54 Å². The molecule has 1 atom stereocenters. The number of halogens is 1. The molecular formula is C16H33ClN2O. The van der Waals surface area contributed by atoms with Gasteiger partial charge < -0.3 is 11.1 Å². The minimum atomic E-state index is -0.197. The van der Waals surface area contributed by atoms with Gasteiger partial charge >= 0.3 is 0 Å². The average molecular weight is 305 g/mol. The van der Waals surface area contributed by atoms with E-state index in [1.54, 1.807) is 0 Å². The predicted molar refractivity (Wildman–Crippen MR) is 88.1 cm³/mol. The molecule has 3 N–H and O–H groups in total. The van der Waals surface area contributed by atoms with E-state index in [-0.39, 0.29) is 29.8 Å². The van der Waals surface area contributed by atoms with Gasteiger partial charge in [-0.2, -0.15) is 0 Å². The summed E-state index contributed by atoms with van der Waals surface area (Å²) in [6.45, 7) is 6.79. The molecule has 1 aliphatic rings. The van der Waals surface area contributed by atoms with Gasteiger partial charge in [0.15, 0.2) is 0 Å². The largest absolute Gasteiger partial charge is 0.349 e. The molecule has 0 aromatic heterocycles. The van der Waals surface area contributed by atoms with Crippen LogP contribution in [0.4, 0.5) is 0 Å². The Kier molecular flexibility index (Phi) is 9.48. The summed E-state index contributed by atoms with van der Waals surface area (Å²) in [5, 5.41) is 3.20. The van der Waals surface area contributed by atoms with Crippen LogP contribution in [0.25, 0.3) is 0 Å². The third-order valence-corrected chi connectivity index (χ3v) is 4.99. The zero-order valence-corrected chi connectivity index (χ0v) is 14.2. The van der Waals surface area contributed by atoms with Crippen molar-refractivity contribution >= 4 is 18.3 Å². The van der Waals surface area contributed by atoms with Crippen LogP contribution in [-0.2, 0) is 4.79 Å². The van der Waals surface area contributed by atoms with Crippen LogP contribution >= 0.6 is 12.4 Å². The summed E-state index contributed by atoms with van der Waals surface area (Å²) in [7, 11) is 0. The van der Waals surface area contributed by atoms with E-state index in [1.807, 2.05) is 0 Å². The smallest absolute Gasteiger partial charge is 0.223 e. The van der Waals surface area contributed by atoms with Crippen molar-refractivity contribution in [2.45, 2.75) is 77.7 Å². The molecule has 3 nitrogen and oxygen atoms in total. The van der Waals surface area contributed by atoms with E-state index in [0.29, 0.717) is 6.54 Å². The summed E-state index contributed by atoms with van der Waals surface area (Å²) in [6.07, 6.45) is 9.52. The first-order valence-electron chi connectivity index (χ1n) is 8.09. The Labute approximate surface area is 130 Å². The Hall–Kier alpha value is -0.280. The Bertz CT molecular complexity index is 265. The van der Waals surface area contributed by atoms with E-state index in [0.717, 1.165) is 25.2 Å². The summed E-state index contributed by atoms with van der Waals surface area (Å²) >= 11 is 0. The molecule has 1 fully saturated rings. The number of carbonyl (C=O) groups excluding carboxylic acids is 1. The van der Waals surface area contributed by atoms with E-state index in [2.05, 4.69) is 26.1 Å². The first-order chi connectivity index (χ1) is 9.06. The van der Waals surface area contributed by atoms with Gasteiger partial charge in [0.25, 0.3) is 0 Å². The van der Waals surface area contributed by atoms with Crippen molar-refractivity contribution in [3.8, 4) is 0 Å². The van der Waals surface area contributed by atoms with Crippen LogP contribution in [0.1, 0.15) is 72.1 Å².